The summed E-state index contributed by atoms with van der Waals surface area (Å²) < 4.78 is 73.7. The Labute approximate surface area is 235 Å². The van der Waals surface area contributed by atoms with Crippen molar-refractivity contribution in [3.05, 3.63) is 64.1 Å². The first kappa shape index (κ1) is 28.8. The van der Waals surface area contributed by atoms with Gasteiger partial charge in [0.1, 0.15) is 29.8 Å². The number of hydrogen-bond acceptors (Lipinski definition) is 6. The molecule has 5 rings (SSSR count). The highest BCUT2D eigenvalue weighted by atomic mass is 32.2. The maximum atomic E-state index is 14.9. The summed E-state index contributed by atoms with van der Waals surface area (Å²) in [6.07, 6.45) is -1.02. The molecular weight excluding hydrogens is 567 g/mol. The van der Waals surface area contributed by atoms with E-state index in [1.54, 1.807) is 17.9 Å². The maximum absolute atomic E-state index is 14.9. The van der Waals surface area contributed by atoms with Gasteiger partial charge in [-0.1, -0.05) is 13.0 Å². The number of piperazine rings is 1. The predicted octanol–water partition coefficient (Wildman–Crippen LogP) is 5.04. The first-order valence-corrected chi connectivity index (χ1v) is 13.9. The van der Waals surface area contributed by atoms with Crippen LogP contribution in [0.15, 0.2) is 46.1 Å². The molecule has 1 aromatic heterocycles. The van der Waals surface area contributed by atoms with Gasteiger partial charge in [0.05, 0.1) is 17.1 Å². The number of aldehydes is 1. The Hall–Kier alpha value is -3.74. The standard InChI is InChI=1S/C28H25F5N4O3S/c1-3-5-22(39)37-16(4-2)12-35(13-17(37)14-38)26-19-11-20(28(31,32)33)23(18-7-6-15(29)10-21(18)30)25-24(19)36(8-9-41-25)27(40)34-26/h3,5-7,10-11,14,16-17H,4,8-9,12-13H2,1-2H3/b5-3+. The Kier molecular flexibility index (Phi) is 7.66. The SMILES string of the molecule is C/C=C/C(=O)N1C(C=O)CN(c2nc(=O)n3c4c(c(-c5ccc(F)cc5F)c(C(F)(F)F)cc24)SCC3)CC1CC. The van der Waals surface area contributed by atoms with Crippen molar-refractivity contribution >= 4 is 40.7 Å². The molecule has 0 aliphatic carbocycles. The van der Waals surface area contributed by atoms with Crippen molar-refractivity contribution < 1.29 is 31.5 Å². The Balaban J connectivity index is 1.78. The van der Waals surface area contributed by atoms with Gasteiger partial charge in [-0.15, -0.1) is 11.8 Å². The molecule has 3 heterocycles. The second-order valence-corrected chi connectivity index (χ2v) is 10.9. The molecule has 3 aromatic rings. The minimum absolute atomic E-state index is 0.0122. The molecule has 1 saturated heterocycles. The van der Waals surface area contributed by atoms with Crippen LogP contribution in [0.2, 0.25) is 0 Å². The molecule has 0 spiro atoms. The molecule has 2 aromatic carbocycles. The van der Waals surface area contributed by atoms with Gasteiger partial charge in [0.2, 0.25) is 5.91 Å². The van der Waals surface area contributed by atoms with E-state index in [1.165, 1.54) is 15.5 Å². The van der Waals surface area contributed by atoms with Gasteiger partial charge in [0.15, 0.2) is 0 Å². The van der Waals surface area contributed by atoms with Crippen molar-refractivity contribution in [2.75, 3.05) is 23.7 Å². The number of alkyl halides is 3. The molecular formula is C28H25F5N4O3S. The van der Waals surface area contributed by atoms with Crippen molar-refractivity contribution in [2.24, 2.45) is 0 Å². The summed E-state index contributed by atoms with van der Waals surface area (Å²) in [4.78, 5) is 45.3. The van der Waals surface area contributed by atoms with Gasteiger partial charge in [-0.25, -0.2) is 13.6 Å². The van der Waals surface area contributed by atoms with Crippen molar-refractivity contribution in [2.45, 2.75) is 50.0 Å². The number of anilines is 1. The van der Waals surface area contributed by atoms with E-state index < -0.39 is 52.3 Å². The van der Waals surface area contributed by atoms with E-state index in [4.69, 9.17) is 0 Å². The molecule has 216 valence electrons. The van der Waals surface area contributed by atoms with Crippen LogP contribution in [0.1, 0.15) is 25.8 Å². The average molecular weight is 593 g/mol. The van der Waals surface area contributed by atoms with E-state index in [9.17, 15) is 36.3 Å². The van der Waals surface area contributed by atoms with E-state index in [0.717, 1.165) is 30.0 Å². The molecule has 0 bridgehead atoms. The summed E-state index contributed by atoms with van der Waals surface area (Å²) >= 11 is 1.05. The normalized spacial score (nSPS) is 19.3. The minimum Gasteiger partial charge on any atom is -0.351 e. The highest BCUT2D eigenvalue weighted by Crippen LogP contribution is 2.49. The van der Waals surface area contributed by atoms with Gasteiger partial charge in [-0.3, -0.25) is 9.36 Å². The van der Waals surface area contributed by atoms with Gasteiger partial charge in [-0.05, 0) is 37.6 Å². The van der Waals surface area contributed by atoms with E-state index >= 15 is 0 Å². The highest BCUT2D eigenvalue weighted by Gasteiger charge is 2.41. The van der Waals surface area contributed by atoms with E-state index in [-0.39, 0.29) is 52.9 Å². The summed E-state index contributed by atoms with van der Waals surface area (Å²) in [6.45, 7) is 3.67. The molecule has 41 heavy (non-hydrogen) atoms. The third kappa shape index (κ3) is 5.00. The zero-order chi connectivity index (χ0) is 29.6. The fraction of sp³-hybridized carbons (Fsp3) is 0.357. The van der Waals surface area contributed by atoms with Crippen LogP contribution in [-0.4, -0.2) is 57.6 Å². The molecule has 2 unspecified atom stereocenters. The van der Waals surface area contributed by atoms with Gasteiger partial charge >= 0.3 is 11.9 Å². The molecule has 2 aliphatic rings. The van der Waals surface area contributed by atoms with E-state index in [1.807, 2.05) is 6.92 Å². The first-order valence-electron chi connectivity index (χ1n) is 12.9. The Morgan fingerprint density at radius 3 is 2.59 bits per heavy atom. The number of thioether (sulfide) groups is 1. The zero-order valence-electron chi connectivity index (χ0n) is 22.0. The van der Waals surface area contributed by atoms with Crippen molar-refractivity contribution in [3.63, 3.8) is 0 Å². The lowest BCUT2D eigenvalue weighted by Crippen LogP contribution is -2.61. The van der Waals surface area contributed by atoms with E-state index in [2.05, 4.69) is 4.98 Å². The maximum Gasteiger partial charge on any atom is 0.417 e. The van der Waals surface area contributed by atoms with Crippen LogP contribution >= 0.6 is 11.8 Å². The fourth-order valence-corrected chi connectivity index (χ4v) is 6.78. The lowest BCUT2D eigenvalue weighted by atomic mass is 9.95. The third-order valence-corrected chi connectivity index (χ3v) is 8.42. The summed E-state index contributed by atoms with van der Waals surface area (Å²) in [5, 5.41) is 0.0122. The first-order chi connectivity index (χ1) is 19.5. The van der Waals surface area contributed by atoms with Crippen molar-refractivity contribution in [1.82, 2.24) is 14.5 Å². The van der Waals surface area contributed by atoms with Gasteiger partial charge in [-0.2, -0.15) is 18.2 Å². The van der Waals surface area contributed by atoms with Crippen LogP contribution in [0.5, 0.6) is 0 Å². The second kappa shape index (κ2) is 10.9. The number of benzene rings is 2. The van der Waals surface area contributed by atoms with Crippen LogP contribution < -0.4 is 10.6 Å². The number of aryl methyl sites for hydroxylation is 1. The van der Waals surface area contributed by atoms with Crippen molar-refractivity contribution in [3.8, 4) is 11.1 Å². The number of rotatable bonds is 5. The largest absolute Gasteiger partial charge is 0.417 e. The third-order valence-electron chi connectivity index (χ3n) is 7.35. The van der Waals surface area contributed by atoms with Crippen LogP contribution in [0.3, 0.4) is 0 Å². The lowest BCUT2D eigenvalue weighted by Gasteiger charge is -2.45. The highest BCUT2D eigenvalue weighted by molar-refractivity contribution is 7.99. The van der Waals surface area contributed by atoms with Gasteiger partial charge in [0.25, 0.3) is 0 Å². The summed E-state index contributed by atoms with van der Waals surface area (Å²) in [5.74, 6) is -2.29. The molecule has 0 radical (unpaired) electrons. The summed E-state index contributed by atoms with van der Waals surface area (Å²) in [5.41, 5.74) is -2.62. The molecule has 2 aliphatic heterocycles. The number of hydrogen-bond donors (Lipinski definition) is 0. The molecule has 1 fully saturated rings. The molecule has 0 N–H and O–H groups in total. The molecule has 7 nitrogen and oxygen atoms in total. The molecule has 1 amide bonds. The quantitative estimate of drug-likeness (QED) is 0.235. The predicted molar refractivity (Wildman–Crippen MR) is 145 cm³/mol. The Morgan fingerprint density at radius 1 is 1.20 bits per heavy atom. The monoisotopic (exact) mass is 592 g/mol. The van der Waals surface area contributed by atoms with Gasteiger partial charge in [0, 0.05) is 52.9 Å². The average Bonchev–Trinajstić information content (AvgIpc) is 2.93. The smallest absolute Gasteiger partial charge is 0.351 e. The summed E-state index contributed by atoms with van der Waals surface area (Å²) in [6, 6.07) is 1.77. The Bertz CT molecular complexity index is 1640. The number of aromatic nitrogens is 2. The number of amides is 1. The fourth-order valence-electron chi connectivity index (χ4n) is 5.59. The number of carbonyl (C=O) groups is 2. The molecule has 2 atom stereocenters. The van der Waals surface area contributed by atoms with Crippen LogP contribution in [0.25, 0.3) is 22.0 Å². The summed E-state index contributed by atoms with van der Waals surface area (Å²) in [7, 11) is 0. The van der Waals surface area contributed by atoms with Crippen LogP contribution in [-0.2, 0) is 22.3 Å². The number of halogens is 5. The molecule has 0 saturated carbocycles. The molecule has 13 heteroatoms. The van der Waals surface area contributed by atoms with E-state index in [0.29, 0.717) is 18.8 Å². The number of carbonyl (C=O) groups excluding carboxylic acids is 2. The van der Waals surface area contributed by atoms with Crippen LogP contribution in [0, 0.1) is 11.6 Å². The minimum atomic E-state index is -4.94. The van der Waals surface area contributed by atoms with Gasteiger partial charge < -0.3 is 14.6 Å². The second-order valence-electron chi connectivity index (χ2n) is 9.78. The Morgan fingerprint density at radius 2 is 1.95 bits per heavy atom. The number of allylic oxidation sites excluding steroid dienone is 1. The lowest BCUT2D eigenvalue weighted by molar-refractivity contribution is -0.137. The van der Waals surface area contributed by atoms with Crippen LogP contribution in [0.4, 0.5) is 27.8 Å². The zero-order valence-corrected chi connectivity index (χ0v) is 22.9. The topological polar surface area (TPSA) is 75.5 Å². The number of nitrogens with zero attached hydrogens (tertiary/aromatic N) is 4. The van der Waals surface area contributed by atoms with Crippen molar-refractivity contribution in [1.29, 1.82) is 0 Å².